The Kier molecular flexibility index (Phi) is 4.93. The third kappa shape index (κ3) is 2.62. The highest BCUT2D eigenvalue weighted by atomic mass is 16.1. The first kappa shape index (κ1) is 21.3. The molecule has 0 amide bonds. The Hall–Kier alpha value is -0.590. The van der Waals surface area contributed by atoms with E-state index in [1.807, 2.05) is 0 Å². The lowest BCUT2D eigenvalue weighted by Gasteiger charge is -2.58. The van der Waals surface area contributed by atoms with Crippen LogP contribution in [0.25, 0.3) is 0 Å². The summed E-state index contributed by atoms with van der Waals surface area (Å²) in [6, 6.07) is 0. The zero-order chi connectivity index (χ0) is 21.5. The maximum absolute atomic E-state index is 13.5. The second-order valence-corrected chi connectivity index (χ2v) is 13.1. The molecule has 5 fully saturated rings. The van der Waals surface area contributed by atoms with E-state index in [1.165, 1.54) is 51.4 Å². The molecule has 0 aromatic heterocycles. The molecule has 168 valence electrons. The molecule has 0 saturated heterocycles. The molecule has 0 aromatic rings. The molecule has 0 aromatic carbocycles. The van der Waals surface area contributed by atoms with Crippen molar-refractivity contribution in [2.24, 2.45) is 63.6 Å². The number of rotatable bonds is 5. The van der Waals surface area contributed by atoms with E-state index >= 15 is 0 Å². The summed E-state index contributed by atoms with van der Waals surface area (Å²) < 4.78 is 0. The van der Waals surface area contributed by atoms with Crippen LogP contribution in [0.15, 0.2) is 12.2 Å². The Morgan fingerprint density at radius 2 is 1.77 bits per heavy atom. The third-order valence-electron chi connectivity index (χ3n) is 12.0. The van der Waals surface area contributed by atoms with Gasteiger partial charge in [0.1, 0.15) is 5.78 Å². The molecular weight excluding hydrogens is 364 g/mol. The second kappa shape index (κ2) is 6.95. The first-order valence-corrected chi connectivity index (χ1v) is 13.4. The molecule has 1 heteroatoms. The van der Waals surface area contributed by atoms with E-state index in [-0.39, 0.29) is 5.41 Å². The van der Waals surface area contributed by atoms with Gasteiger partial charge in [-0.05, 0) is 110 Å². The Morgan fingerprint density at radius 1 is 1.00 bits per heavy atom. The average molecular weight is 411 g/mol. The number of carbonyl (C=O) groups excluding carboxylic acids is 1. The first-order chi connectivity index (χ1) is 14.2. The van der Waals surface area contributed by atoms with Crippen LogP contribution in [0.2, 0.25) is 0 Å². The molecule has 0 heterocycles. The molecule has 30 heavy (non-hydrogen) atoms. The predicted octanol–water partition coefficient (Wildman–Crippen LogP) is 7.70. The lowest BCUT2D eigenvalue weighted by Crippen LogP contribution is -2.55. The zero-order valence-corrected chi connectivity index (χ0v) is 20.5. The maximum atomic E-state index is 13.5. The smallest absolute Gasteiger partial charge is 0.140 e. The predicted molar refractivity (Wildman–Crippen MR) is 125 cm³/mol. The molecule has 5 rings (SSSR count). The molecule has 5 saturated carbocycles. The van der Waals surface area contributed by atoms with Crippen LogP contribution in [-0.4, -0.2) is 5.78 Å². The fraction of sp³-hybridized carbons (Fsp3) is 0.897. The van der Waals surface area contributed by atoms with E-state index in [9.17, 15) is 4.79 Å². The van der Waals surface area contributed by atoms with Crippen molar-refractivity contribution in [2.75, 3.05) is 0 Å². The summed E-state index contributed by atoms with van der Waals surface area (Å²) in [5.74, 6) is 6.69. The number of carbonyl (C=O) groups is 1. The van der Waals surface area contributed by atoms with Gasteiger partial charge in [-0.2, -0.15) is 0 Å². The van der Waals surface area contributed by atoms with Gasteiger partial charge in [0.05, 0.1) is 0 Å². The van der Waals surface area contributed by atoms with E-state index in [4.69, 9.17) is 0 Å². The normalized spacial score (nSPS) is 51.4. The van der Waals surface area contributed by atoms with Crippen LogP contribution in [0, 0.1) is 63.6 Å². The summed E-state index contributed by atoms with van der Waals surface area (Å²) in [6.07, 6.45) is 16.8. The molecule has 0 radical (unpaired) electrons. The number of hydrogen-bond donors (Lipinski definition) is 0. The van der Waals surface area contributed by atoms with Gasteiger partial charge in [-0.15, -0.1) is 0 Å². The van der Waals surface area contributed by atoms with Crippen molar-refractivity contribution in [2.45, 2.75) is 99.3 Å². The Balaban J connectivity index is 1.37. The lowest BCUT2D eigenvalue weighted by atomic mass is 9.45. The average Bonchev–Trinajstić information content (AvgIpc) is 3.22. The van der Waals surface area contributed by atoms with Gasteiger partial charge in [-0.3, -0.25) is 4.79 Å². The van der Waals surface area contributed by atoms with E-state index in [2.05, 4.69) is 53.7 Å². The van der Waals surface area contributed by atoms with E-state index in [0.717, 1.165) is 36.0 Å². The van der Waals surface area contributed by atoms with Gasteiger partial charge in [0, 0.05) is 11.8 Å². The van der Waals surface area contributed by atoms with Crippen LogP contribution in [-0.2, 0) is 4.79 Å². The molecule has 0 aliphatic heterocycles. The number of hydrogen-bond acceptors (Lipinski definition) is 1. The van der Waals surface area contributed by atoms with Crippen LogP contribution in [0.4, 0.5) is 0 Å². The summed E-state index contributed by atoms with van der Waals surface area (Å²) >= 11 is 0. The molecule has 5 aliphatic carbocycles. The van der Waals surface area contributed by atoms with Crippen molar-refractivity contribution in [3.05, 3.63) is 12.2 Å². The summed E-state index contributed by atoms with van der Waals surface area (Å²) in [5, 5.41) is 0. The summed E-state index contributed by atoms with van der Waals surface area (Å²) in [7, 11) is 0. The molecule has 10 atom stereocenters. The Bertz CT molecular complexity index is 735. The SMILES string of the molecule is CC[C@H](/C=C/[C@@H](C)[C@H]1CC[C@H]2[C@H]3CC(=O)C45C[C@@H]4CC[C@@]5(C)[C@H]3CC[C@]12C)C(C)C. The van der Waals surface area contributed by atoms with Gasteiger partial charge in [-0.25, -0.2) is 0 Å². The highest BCUT2D eigenvalue weighted by Crippen LogP contribution is 2.80. The van der Waals surface area contributed by atoms with Crippen molar-refractivity contribution in [3.8, 4) is 0 Å². The highest BCUT2D eigenvalue weighted by Gasteiger charge is 2.77. The van der Waals surface area contributed by atoms with Crippen LogP contribution in [0.3, 0.4) is 0 Å². The molecule has 1 spiro atoms. The van der Waals surface area contributed by atoms with Crippen LogP contribution >= 0.6 is 0 Å². The van der Waals surface area contributed by atoms with E-state index in [1.54, 1.807) is 0 Å². The molecule has 0 N–H and O–H groups in total. The monoisotopic (exact) mass is 410 g/mol. The van der Waals surface area contributed by atoms with E-state index in [0.29, 0.717) is 34.4 Å². The fourth-order valence-electron chi connectivity index (χ4n) is 10.2. The Morgan fingerprint density at radius 3 is 2.43 bits per heavy atom. The zero-order valence-electron chi connectivity index (χ0n) is 20.5. The van der Waals surface area contributed by atoms with Crippen molar-refractivity contribution in [3.63, 3.8) is 0 Å². The largest absolute Gasteiger partial charge is 0.299 e. The van der Waals surface area contributed by atoms with Gasteiger partial charge < -0.3 is 0 Å². The minimum atomic E-state index is 0.141. The number of ketones is 1. The maximum Gasteiger partial charge on any atom is 0.140 e. The number of allylic oxidation sites excluding steroid dienone is 2. The van der Waals surface area contributed by atoms with E-state index < -0.39 is 0 Å². The topological polar surface area (TPSA) is 17.1 Å². The number of fused-ring (bicyclic) bond motifs is 4. The van der Waals surface area contributed by atoms with Gasteiger partial charge in [0.15, 0.2) is 0 Å². The van der Waals surface area contributed by atoms with Crippen LogP contribution < -0.4 is 0 Å². The molecular formula is C29H46O. The first-order valence-electron chi connectivity index (χ1n) is 13.4. The summed E-state index contributed by atoms with van der Waals surface area (Å²) in [4.78, 5) is 13.5. The molecule has 0 bridgehead atoms. The van der Waals surface area contributed by atoms with Crippen molar-refractivity contribution in [1.29, 1.82) is 0 Å². The molecule has 1 nitrogen and oxygen atoms in total. The van der Waals surface area contributed by atoms with Crippen LogP contribution in [0.5, 0.6) is 0 Å². The summed E-state index contributed by atoms with van der Waals surface area (Å²) in [5.41, 5.74) is 0.934. The fourth-order valence-corrected chi connectivity index (χ4v) is 10.2. The van der Waals surface area contributed by atoms with Gasteiger partial charge in [-0.1, -0.05) is 53.7 Å². The van der Waals surface area contributed by atoms with Crippen molar-refractivity contribution in [1.82, 2.24) is 0 Å². The van der Waals surface area contributed by atoms with Crippen molar-refractivity contribution >= 4 is 5.78 Å². The summed E-state index contributed by atoms with van der Waals surface area (Å²) in [6.45, 7) is 14.7. The lowest BCUT2D eigenvalue weighted by molar-refractivity contribution is -0.151. The Labute approximate surface area is 185 Å². The standard InChI is InChI=1S/C29H46O/c1-7-20(18(2)3)9-8-19(4)23-10-11-24-22-16-26(30)29-17-21(29)12-15-28(29,6)25(22)13-14-27(23,24)5/h8-9,18-25H,7,10-17H2,1-6H3/b9-8+/t19-,20-,21+,22-,23-,24+,25+,27-,28+,29?/m1/s1. The van der Waals surface area contributed by atoms with Gasteiger partial charge in [0.2, 0.25) is 0 Å². The third-order valence-corrected chi connectivity index (χ3v) is 12.0. The highest BCUT2D eigenvalue weighted by molar-refractivity contribution is 5.91. The molecule has 1 unspecified atom stereocenters. The minimum Gasteiger partial charge on any atom is -0.299 e. The second-order valence-electron chi connectivity index (χ2n) is 13.1. The van der Waals surface area contributed by atoms with Crippen LogP contribution in [0.1, 0.15) is 99.3 Å². The van der Waals surface area contributed by atoms with Gasteiger partial charge >= 0.3 is 0 Å². The van der Waals surface area contributed by atoms with Crippen molar-refractivity contribution < 1.29 is 4.79 Å². The van der Waals surface area contributed by atoms with Gasteiger partial charge in [0.25, 0.3) is 0 Å². The number of Topliss-reactive ketones (excluding diaryl/α,β-unsaturated/α-hetero) is 1. The minimum absolute atomic E-state index is 0.141. The quantitative estimate of drug-likeness (QED) is 0.424. The molecule has 5 aliphatic rings.